The van der Waals surface area contributed by atoms with Crippen LogP contribution >= 0.6 is 35.0 Å². The largest absolute Gasteiger partial charge is 0.490 e. The Bertz CT molecular complexity index is 752. The van der Waals surface area contributed by atoms with E-state index < -0.39 is 0 Å². The van der Waals surface area contributed by atoms with Gasteiger partial charge in [0, 0.05) is 17.9 Å². The first-order valence-electron chi connectivity index (χ1n) is 8.90. The van der Waals surface area contributed by atoms with Crippen LogP contribution in [0.25, 0.3) is 0 Å². The molecular weight excluding hydrogens is 401 g/mol. The third-order valence-corrected chi connectivity index (χ3v) is 5.65. The number of halogens is 2. The van der Waals surface area contributed by atoms with Crippen LogP contribution in [-0.2, 0) is 4.79 Å². The summed E-state index contributed by atoms with van der Waals surface area (Å²) in [5.41, 5.74) is 4.35. The lowest BCUT2D eigenvalue weighted by Gasteiger charge is -2.13. The van der Waals surface area contributed by atoms with Gasteiger partial charge >= 0.3 is 0 Å². The second-order valence-electron chi connectivity index (χ2n) is 6.44. The first-order chi connectivity index (χ1) is 12.9. The SMILES string of the molecule is Cc1cc(C)c(NC(=O)CCCSCCOc2c(Cl)cccc2Cl)c(C)c1. The number of anilines is 1. The van der Waals surface area contributed by atoms with Crippen molar-refractivity contribution in [3.05, 3.63) is 57.1 Å². The lowest BCUT2D eigenvalue weighted by molar-refractivity contribution is -0.116. The zero-order chi connectivity index (χ0) is 19.8. The molecule has 0 aromatic heterocycles. The van der Waals surface area contributed by atoms with Crippen molar-refractivity contribution in [2.45, 2.75) is 33.6 Å². The molecule has 1 N–H and O–H groups in total. The van der Waals surface area contributed by atoms with Crippen LogP contribution < -0.4 is 10.1 Å². The summed E-state index contributed by atoms with van der Waals surface area (Å²) in [4.78, 5) is 12.2. The highest BCUT2D eigenvalue weighted by Crippen LogP contribution is 2.32. The number of nitrogens with one attached hydrogen (secondary N) is 1. The minimum atomic E-state index is 0.0600. The van der Waals surface area contributed by atoms with Crippen molar-refractivity contribution in [1.29, 1.82) is 0 Å². The van der Waals surface area contributed by atoms with Crippen LogP contribution in [0.3, 0.4) is 0 Å². The fourth-order valence-corrected chi connectivity index (χ4v) is 4.10. The highest BCUT2D eigenvalue weighted by molar-refractivity contribution is 7.99. The normalized spacial score (nSPS) is 10.7. The first-order valence-corrected chi connectivity index (χ1v) is 10.8. The molecule has 146 valence electrons. The fraction of sp³-hybridized carbons (Fsp3) is 0.381. The van der Waals surface area contributed by atoms with Crippen LogP contribution in [0.2, 0.25) is 10.0 Å². The van der Waals surface area contributed by atoms with Gasteiger partial charge in [-0.2, -0.15) is 11.8 Å². The zero-order valence-corrected chi connectivity index (χ0v) is 18.2. The molecule has 3 nitrogen and oxygen atoms in total. The van der Waals surface area contributed by atoms with Crippen LogP contribution in [0.1, 0.15) is 29.5 Å². The summed E-state index contributed by atoms with van der Waals surface area (Å²) in [6.45, 7) is 6.64. The minimum absolute atomic E-state index is 0.0600. The maximum Gasteiger partial charge on any atom is 0.224 e. The number of hydrogen-bond acceptors (Lipinski definition) is 3. The second-order valence-corrected chi connectivity index (χ2v) is 8.48. The molecule has 0 aliphatic heterocycles. The van der Waals surface area contributed by atoms with Crippen molar-refractivity contribution in [3.8, 4) is 5.75 Å². The van der Waals surface area contributed by atoms with Gasteiger partial charge in [0.05, 0.1) is 16.7 Å². The third-order valence-electron chi connectivity index (χ3n) is 4.03. The molecule has 0 radical (unpaired) electrons. The van der Waals surface area contributed by atoms with E-state index in [0.29, 0.717) is 28.8 Å². The number of aryl methyl sites for hydroxylation is 3. The molecular formula is C21H25Cl2NO2S. The number of hydrogen-bond donors (Lipinski definition) is 1. The van der Waals surface area contributed by atoms with Crippen molar-refractivity contribution in [2.75, 3.05) is 23.4 Å². The molecule has 0 bridgehead atoms. The Morgan fingerprint density at radius 1 is 1.07 bits per heavy atom. The number of carbonyl (C=O) groups excluding carboxylic acids is 1. The molecule has 0 aliphatic carbocycles. The van der Waals surface area contributed by atoms with Gasteiger partial charge in [0.2, 0.25) is 5.91 Å². The molecule has 0 saturated carbocycles. The average molecular weight is 426 g/mol. The Kier molecular flexibility index (Phi) is 8.81. The number of ether oxygens (including phenoxy) is 1. The van der Waals surface area contributed by atoms with Gasteiger partial charge < -0.3 is 10.1 Å². The summed E-state index contributed by atoms with van der Waals surface area (Å²) in [6, 6.07) is 9.47. The first kappa shape index (κ1) is 21.9. The van der Waals surface area contributed by atoms with E-state index in [1.165, 1.54) is 5.56 Å². The topological polar surface area (TPSA) is 38.3 Å². The van der Waals surface area contributed by atoms with Gasteiger partial charge in [-0.1, -0.05) is 47.0 Å². The standard InChI is InChI=1S/C21H25Cl2NO2S/c1-14-12-15(2)20(16(3)13-14)24-19(25)8-5-10-27-11-9-26-21-17(22)6-4-7-18(21)23/h4,6-7,12-13H,5,8-11H2,1-3H3,(H,24,25). The molecule has 6 heteroatoms. The predicted molar refractivity (Wildman–Crippen MR) is 118 cm³/mol. The van der Waals surface area contributed by atoms with Gasteiger partial charge in [-0.05, 0) is 56.2 Å². The molecule has 2 rings (SSSR count). The Morgan fingerprint density at radius 3 is 2.33 bits per heavy atom. The molecule has 1 amide bonds. The van der Waals surface area contributed by atoms with Crippen LogP contribution in [0.15, 0.2) is 30.3 Å². The van der Waals surface area contributed by atoms with Gasteiger partial charge in [-0.15, -0.1) is 0 Å². The summed E-state index contributed by atoms with van der Waals surface area (Å²) in [6.07, 6.45) is 1.34. The molecule has 0 spiro atoms. The van der Waals surface area contributed by atoms with Crippen molar-refractivity contribution in [2.24, 2.45) is 0 Å². The quantitative estimate of drug-likeness (QED) is 0.469. The van der Waals surface area contributed by atoms with Gasteiger partial charge in [-0.25, -0.2) is 0 Å². The zero-order valence-electron chi connectivity index (χ0n) is 15.9. The van der Waals surface area contributed by atoms with E-state index in [1.54, 1.807) is 30.0 Å². The molecule has 0 heterocycles. The highest BCUT2D eigenvalue weighted by Gasteiger charge is 2.09. The molecule has 2 aromatic rings. The Morgan fingerprint density at radius 2 is 1.70 bits per heavy atom. The summed E-state index contributed by atoms with van der Waals surface area (Å²) in [5.74, 6) is 2.31. The smallest absolute Gasteiger partial charge is 0.224 e. The third kappa shape index (κ3) is 6.95. The lowest BCUT2D eigenvalue weighted by atomic mass is 10.0. The molecule has 0 aliphatic rings. The second kappa shape index (κ2) is 10.8. The average Bonchev–Trinajstić information content (AvgIpc) is 2.59. The summed E-state index contributed by atoms with van der Waals surface area (Å²) >= 11 is 13.9. The molecule has 0 saturated heterocycles. The molecule has 0 fully saturated rings. The maximum absolute atomic E-state index is 12.2. The van der Waals surface area contributed by atoms with E-state index in [-0.39, 0.29) is 5.91 Å². The van der Waals surface area contributed by atoms with E-state index in [2.05, 4.69) is 24.4 Å². The van der Waals surface area contributed by atoms with Crippen LogP contribution in [0, 0.1) is 20.8 Å². The van der Waals surface area contributed by atoms with Gasteiger partial charge in [0.1, 0.15) is 0 Å². The monoisotopic (exact) mass is 425 g/mol. The Balaban J connectivity index is 1.64. The summed E-state index contributed by atoms with van der Waals surface area (Å²) in [7, 11) is 0. The summed E-state index contributed by atoms with van der Waals surface area (Å²) in [5, 5.41) is 4.08. The van der Waals surface area contributed by atoms with Gasteiger partial charge in [0.15, 0.2) is 5.75 Å². The Hall–Kier alpha value is -1.36. The van der Waals surface area contributed by atoms with Crippen molar-refractivity contribution in [1.82, 2.24) is 0 Å². The lowest BCUT2D eigenvalue weighted by Crippen LogP contribution is -2.13. The molecule has 0 unspecified atom stereocenters. The molecule has 0 atom stereocenters. The van der Waals surface area contributed by atoms with E-state index in [4.69, 9.17) is 27.9 Å². The number of rotatable bonds is 9. The molecule has 27 heavy (non-hydrogen) atoms. The number of para-hydroxylation sites is 1. The van der Waals surface area contributed by atoms with Crippen LogP contribution in [0.5, 0.6) is 5.75 Å². The summed E-state index contributed by atoms with van der Waals surface area (Å²) < 4.78 is 5.65. The maximum atomic E-state index is 12.2. The van der Waals surface area contributed by atoms with Crippen molar-refractivity contribution in [3.63, 3.8) is 0 Å². The van der Waals surface area contributed by atoms with Crippen LogP contribution in [-0.4, -0.2) is 24.0 Å². The minimum Gasteiger partial charge on any atom is -0.490 e. The number of carbonyl (C=O) groups is 1. The number of benzene rings is 2. The van der Waals surface area contributed by atoms with E-state index in [1.807, 2.05) is 13.8 Å². The Labute approximate surface area is 175 Å². The van der Waals surface area contributed by atoms with Crippen molar-refractivity contribution < 1.29 is 9.53 Å². The van der Waals surface area contributed by atoms with E-state index in [0.717, 1.165) is 34.7 Å². The van der Waals surface area contributed by atoms with E-state index >= 15 is 0 Å². The van der Waals surface area contributed by atoms with E-state index in [9.17, 15) is 4.79 Å². The highest BCUT2D eigenvalue weighted by atomic mass is 35.5. The van der Waals surface area contributed by atoms with Crippen molar-refractivity contribution >= 4 is 46.6 Å². The van der Waals surface area contributed by atoms with Gasteiger partial charge in [-0.3, -0.25) is 4.79 Å². The number of amides is 1. The fourth-order valence-electron chi connectivity index (χ4n) is 2.84. The van der Waals surface area contributed by atoms with Gasteiger partial charge in [0.25, 0.3) is 0 Å². The van der Waals surface area contributed by atoms with Crippen LogP contribution in [0.4, 0.5) is 5.69 Å². The number of thioether (sulfide) groups is 1. The molecule has 2 aromatic carbocycles. The predicted octanol–water partition coefficient (Wildman–Crippen LogP) is 6.45.